The molecule has 12 nitrogen and oxygen atoms in total. The van der Waals surface area contributed by atoms with Crippen molar-refractivity contribution in [1.82, 2.24) is 20.1 Å². The largest absolute Gasteiger partial charge is 0.481 e. The highest BCUT2D eigenvalue weighted by atomic mass is 16.6. The van der Waals surface area contributed by atoms with Crippen LogP contribution < -0.4 is 16.0 Å². The Labute approximate surface area is 245 Å². The van der Waals surface area contributed by atoms with Gasteiger partial charge in [-0.25, -0.2) is 9.78 Å². The number of aliphatic carboxylic acids is 1. The molecule has 2 aliphatic heterocycles. The normalized spacial score (nSPS) is 16.6. The highest BCUT2D eigenvalue weighted by molar-refractivity contribution is 5.97. The number of anilines is 1. The number of carboxylic acids is 1. The maximum absolute atomic E-state index is 13.6. The Morgan fingerprint density at radius 1 is 1.02 bits per heavy atom. The van der Waals surface area contributed by atoms with Crippen molar-refractivity contribution in [2.75, 3.05) is 57.3 Å². The minimum absolute atomic E-state index is 0.0736. The number of carbonyl (C=O) groups is 4. The van der Waals surface area contributed by atoms with Gasteiger partial charge in [0.15, 0.2) is 0 Å². The number of nitrogens with zero attached hydrogens (tertiary/aromatic N) is 4. The van der Waals surface area contributed by atoms with Crippen molar-refractivity contribution in [3.05, 3.63) is 48.2 Å². The predicted molar refractivity (Wildman–Crippen MR) is 157 cm³/mol. The SMILES string of the molecule is CCOC(=O)N1CCN(C(=O)[C@H](CCC(=O)O)NC(=O)c2cc(N3CCC(CN)CC3)cc(-c3ccccc3)n2)CC1. The summed E-state index contributed by atoms with van der Waals surface area (Å²) in [5.41, 5.74) is 8.36. The summed E-state index contributed by atoms with van der Waals surface area (Å²) in [5, 5.41) is 12.1. The van der Waals surface area contributed by atoms with Crippen LogP contribution in [0.15, 0.2) is 42.5 Å². The molecule has 12 heteroatoms. The van der Waals surface area contributed by atoms with Crippen molar-refractivity contribution in [2.24, 2.45) is 11.7 Å². The van der Waals surface area contributed by atoms with Gasteiger partial charge in [0.05, 0.1) is 12.3 Å². The van der Waals surface area contributed by atoms with Crippen LogP contribution in [0.25, 0.3) is 11.3 Å². The average molecular weight is 581 g/mol. The summed E-state index contributed by atoms with van der Waals surface area (Å²) in [6.07, 6.45) is 1.10. The van der Waals surface area contributed by atoms with Crippen LogP contribution in [0.1, 0.15) is 43.1 Å². The third kappa shape index (κ3) is 7.96. The van der Waals surface area contributed by atoms with Crippen molar-refractivity contribution < 1.29 is 29.0 Å². The summed E-state index contributed by atoms with van der Waals surface area (Å²) in [5.74, 6) is -1.54. The molecule has 0 radical (unpaired) electrons. The first-order chi connectivity index (χ1) is 20.3. The van der Waals surface area contributed by atoms with Gasteiger partial charge in [0.1, 0.15) is 11.7 Å². The van der Waals surface area contributed by atoms with Gasteiger partial charge in [0.2, 0.25) is 5.91 Å². The van der Waals surface area contributed by atoms with Gasteiger partial charge in [-0.2, -0.15) is 0 Å². The predicted octanol–water partition coefficient (Wildman–Crippen LogP) is 2.19. The number of pyridine rings is 1. The summed E-state index contributed by atoms with van der Waals surface area (Å²) in [6, 6.07) is 12.2. The van der Waals surface area contributed by atoms with E-state index >= 15 is 0 Å². The van der Waals surface area contributed by atoms with Crippen LogP contribution >= 0.6 is 0 Å². The molecule has 2 aromatic rings. The highest BCUT2D eigenvalue weighted by Gasteiger charge is 2.31. The Hall–Kier alpha value is -4.19. The minimum atomic E-state index is -1.07. The minimum Gasteiger partial charge on any atom is -0.481 e. The lowest BCUT2D eigenvalue weighted by Gasteiger charge is -2.36. The Balaban J connectivity index is 1.54. The Kier molecular flexibility index (Phi) is 10.7. The average Bonchev–Trinajstić information content (AvgIpc) is 3.03. The maximum Gasteiger partial charge on any atom is 0.409 e. The number of nitrogens with two attached hydrogens (primary N) is 1. The van der Waals surface area contributed by atoms with Gasteiger partial charge in [-0.1, -0.05) is 30.3 Å². The van der Waals surface area contributed by atoms with Crippen molar-refractivity contribution in [2.45, 2.75) is 38.6 Å². The number of ether oxygens (including phenoxy) is 1. The standard InChI is InChI=1S/C30H40N6O6/c1-2-42-30(41)36-16-14-35(15-17-36)29(40)24(8-9-27(37)38)33-28(39)26-19-23(34-12-10-21(20-31)11-13-34)18-25(32-26)22-6-4-3-5-7-22/h3-7,18-19,21,24H,2,8-17,20,31H2,1H3,(H,33,39)(H,37,38)/t24-/m0/s1. The molecule has 3 amide bonds. The van der Waals surface area contributed by atoms with E-state index in [9.17, 15) is 24.3 Å². The lowest BCUT2D eigenvalue weighted by Crippen LogP contribution is -2.56. The summed E-state index contributed by atoms with van der Waals surface area (Å²) in [6.45, 7) is 5.32. The molecular weight excluding hydrogens is 540 g/mol. The van der Waals surface area contributed by atoms with Crippen LogP contribution in [0.2, 0.25) is 0 Å². The van der Waals surface area contributed by atoms with Crippen LogP contribution in [0.3, 0.4) is 0 Å². The van der Waals surface area contributed by atoms with Crippen LogP contribution in [0, 0.1) is 5.92 Å². The van der Waals surface area contributed by atoms with E-state index in [0.717, 1.165) is 37.2 Å². The molecule has 3 heterocycles. The van der Waals surface area contributed by atoms with Crippen molar-refractivity contribution >= 4 is 29.6 Å². The van der Waals surface area contributed by atoms with E-state index < -0.39 is 29.9 Å². The molecule has 0 spiro atoms. The summed E-state index contributed by atoms with van der Waals surface area (Å²) >= 11 is 0. The van der Waals surface area contributed by atoms with E-state index in [-0.39, 0.29) is 51.3 Å². The fourth-order valence-corrected chi connectivity index (χ4v) is 5.30. The number of piperazine rings is 1. The van der Waals surface area contributed by atoms with Gasteiger partial charge < -0.3 is 35.6 Å². The molecule has 42 heavy (non-hydrogen) atoms. The monoisotopic (exact) mass is 580 g/mol. The third-order valence-electron chi connectivity index (χ3n) is 7.79. The van der Waals surface area contributed by atoms with Crippen LogP contribution in [0.4, 0.5) is 10.5 Å². The van der Waals surface area contributed by atoms with Crippen molar-refractivity contribution in [1.29, 1.82) is 0 Å². The molecule has 0 aliphatic carbocycles. The molecule has 2 aliphatic rings. The second kappa shape index (κ2) is 14.6. The second-order valence-corrected chi connectivity index (χ2v) is 10.6. The second-order valence-electron chi connectivity index (χ2n) is 10.6. The van der Waals surface area contributed by atoms with Crippen LogP contribution in [0.5, 0.6) is 0 Å². The summed E-state index contributed by atoms with van der Waals surface area (Å²) in [7, 11) is 0. The van der Waals surface area contributed by atoms with Gasteiger partial charge >= 0.3 is 12.1 Å². The van der Waals surface area contributed by atoms with E-state index in [2.05, 4.69) is 15.2 Å². The topological polar surface area (TPSA) is 158 Å². The molecule has 4 N–H and O–H groups in total. The summed E-state index contributed by atoms with van der Waals surface area (Å²) < 4.78 is 5.04. The Morgan fingerprint density at radius 3 is 2.31 bits per heavy atom. The van der Waals surface area contributed by atoms with Gasteiger partial charge in [-0.3, -0.25) is 14.4 Å². The fraction of sp³-hybridized carbons (Fsp3) is 0.500. The number of hydrogen-bond donors (Lipinski definition) is 3. The fourth-order valence-electron chi connectivity index (χ4n) is 5.30. The van der Waals surface area contributed by atoms with Crippen LogP contribution in [-0.4, -0.2) is 102 Å². The van der Waals surface area contributed by atoms with E-state index in [1.807, 2.05) is 36.4 Å². The third-order valence-corrected chi connectivity index (χ3v) is 7.79. The number of carboxylic acid groups (broad SMARTS) is 1. The molecular formula is C30H40N6O6. The lowest BCUT2D eigenvalue weighted by atomic mass is 9.96. The molecule has 1 atom stereocenters. The zero-order chi connectivity index (χ0) is 30.1. The van der Waals surface area contributed by atoms with Crippen molar-refractivity contribution in [3.8, 4) is 11.3 Å². The Bertz CT molecular complexity index is 1240. The molecule has 2 fully saturated rings. The smallest absolute Gasteiger partial charge is 0.409 e. The molecule has 1 aromatic heterocycles. The highest BCUT2D eigenvalue weighted by Crippen LogP contribution is 2.28. The first kappa shape index (κ1) is 30.8. The van der Waals surface area contributed by atoms with E-state index in [1.54, 1.807) is 17.9 Å². The summed E-state index contributed by atoms with van der Waals surface area (Å²) in [4.78, 5) is 60.5. The molecule has 226 valence electrons. The molecule has 0 saturated carbocycles. The number of nitrogens with one attached hydrogen (secondary N) is 1. The van der Waals surface area contributed by atoms with E-state index in [4.69, 9.17) is 10.5 Å². The van der Waals surface area contributed by atoms with Gasteiger partial charge in [-0.05, 0) is 50.8 Å². The number of hydrogen-bond acceptors (Lipinski definition) is 8. The quantitative estimate of drug-likeness (QED) is 0.383. The zero-order valence-corrected chi connectivity index (χ0v) is 24.0. The number of carbonyl (C=O) groups excluding carboxylic acids is 3. The van der Waals surface area contributed by atoms with Crippen molar-refractivity contribution in [3.63, 3.8) is 0 Å². The number of benzene rings is 1. The maximum atomic E-state index is 13.6. The zero-order valence-electron chi connectivity index (χ0n) is 24.0. The van der Waals surface area contributed by atoms with Gasteiger partial charge in [0.25, 0.3) is 5.91 Å². The lowest BCUT2D eigenvalue weighted by molar-refractivity contribution is -0.138. The van der Waals surface area contributed by atoms with Gasteiger partial charge in [0, 0.05) is 56.9 Å². The Morgan fingerprint density at radius 2 is 1.69 bits per heavy atom. The first-order valence-corrected chi connectivity index (χ1v) is 14.5. The number of piperidine rings is 1. The van der Waals surface area contributed by atoms with E-state index in [1.165, 1.54) is 4.90 Å². The molecule has 1 aromatic carbocycles. The molecule has 2 saturated heterocycles. The molecule has 0 bridgehead atoms. The molecule has 0 unspecified atom stereocenters. The van der Waals surface area contributed by atoms with Gasteiger partial charge in [-0.15, -0.1) is 0 Å². The number of rotatable bonds is 10. The molecule has 4 rings (SSSR count). The first-order valence-electron chi connectivity index (χ1n) is 14.5. The van der Waals surface area contributed by atoms with Crippen LogP contribution in [-0.2, 0) is 14.3 Å². The number of amides is 3. The number of aromatic nitrogens is 1. The van der Waals surface area contributed by atoms with E-state index in [0.29, 0.717) is 18.2 Å².